The van der Waals surface area contributed by atoms with Gasteiger partial charge in [0, 0.05) is 28.3 Å². The van der Waals surface area contributed by atoms with Crippen LogP contribution in [0, 0.1) is 0 Å². The summed E-state index contributed by atoms with van der Waals surface area (Å²) in [7, 11) is -3.71. The molecule has 0 bridgehead atoms. The highest BCUT2D eigenvalue weighted by atomic mass is 35.5. The van der Waals surface area contributed by atoms with E-state index in [0.717, 1.165) is 16.5 Å². The molecular weight excluding hydrogens is 401 g/mol. The van der Waals surface area contributed by atoms with Crippen molar-refractivity contribution in [1.29, 1.82) is 0 Å². The maximum absolute atomic E-state index is 13.0. The van der Waals surface area contributed by atoms with Crippen LogP contribution in [0.1, 0.15) is 29.1 Å². The van der Waals surface area contributed by atoms with Crippen LogP contribution in [-0.4, -0.2) is 23.5 Å². The first-order chi connectivity index (χ1) is 12.8. The van der Waals surface area contributed by atoms with Crippen LogP contribution in [-0.2, 0) is 9.36 Å². The molecule has 0 aliphatic heterocycles. The van der Waals surface area contributed by atoms with E-state index in [1.165, 1.54) is 23.6 Å². The van der Waals surface area contributed by atoms with Crippen LogP contribution in [0.15, 0.2) is 53.9 Å². The molecule has 4 nitrogen and oxygen atoms in total. The number of rotatable bonds is 5. The zero-order valence-electron chi connectivity index (χ0n) is 14.6. The van der Waals surface area contributed by atoms with Crippen molar-refractivity contribution in [3.63, 3.8) is 0 Å². The first kappa shape index (κ1) is 18.7. The lowest BCUT2D eigenvalue weighted by atomic mass is 10.1. The van der Waals surface area contributed by atoms with Gasteiger partial charge in [0.05, 0.1) is 0 Å². The molecule has 1 fully saturated rings. The van der Waals surface area contributed by atoms with Crippen molar-refractivity contribution in [2.24, 2.45) is 0 Å². The third-order valence-electron chi connectivity index (χ3n) is 4.93. The molecule has 3 aromatic rings. The quantitative estimate of drug-likeness (QED) is 0.561. The predicted molar refractivity (Wildman–Crippen MR) is 111 cm³/mol. The minimum absolute atomic E-state index is 0.00226. The Labute approximate surface area is 166 Å². The Balaban J connectivity index is 1.60. The van der Waals surface area contributed by atoms with Crippen LogP contribution >= 0.6 is 30.3 Å². The Morgan fingerprint density at radius 3 is 2.74 bits per heavy atom. The Morgan fingerprint density at radius 1 is 1.30 bits per heavy atom. The smallest absolute Gasteiger partial charge is 0.237 e. The number of thiophene rings is 1. The maximum atomic E-state index is 13.0. The van der Waals surface area contributed by atoms with Crippen molar-refractivity contribution < 1.29 is 14.3 Å². The number of benzene rings is 2. The molecule has 7 heteroatoms. The van der Waals surface area contributed by atoms with E-state index in [-0.39, 0.29) is 12.0 Å². The SMILES string of the molecule is CP(=O)(O)C(C(=O)N[C@@H]1C[C@H]1c1ccccc1)c1csc2ccc(Cl)cc12. The van der Waals surface area contributed by atoms with E-state index in [9.17, 15) is 14.3 Å². The summed E-state index contributed by atoms with van der Waals surface area (Å²) in [6, 6.07) is 15.4. The molecule has 2 aromatic carbocycles. The van der Waals surface area contributed by atoms with E-state index >= 15 is 0 Å². The summed E-state index contributed by atoms with van der Waals surface area (Å²) in [6.07, 6.45) is 0.845. The van der Waals surface area contributed by atoms with Crippen LogP contribution in [0.25, 0.3) is 10.1 Å². The Hall–Kier alpha value is -1.65. The molecule has 1 aromatic heterocycles. The van der Waals surface area contributed by atoms with Gasteiger partial charge in [-0.15, -0.1) is 11.3 Å². The van der Waals surface area contributed by atoms with Gasteiger partial charge in [-0.25, -0.2) is 0 Å². The molecule has 1 amide bonds. The summed E-state index contributed by atoms with van der Waals surface area (Å²) in [5.74, 6) is -0.133. The van der Waals surface area contributed by atoms with Crippen LogP contribution in [0.5, 0.6) is 0 Å². The average molecular weight is 420 g/mol. The molecule has 140 valence electrons. The average Bonchev–Trinajstić information content (AvgIpc) is 3.27. The summed E-state index contributed by atoms with van der Waals surface area (Å²) in [6.45, 7) is 1.24. The van der Waals surface area contributed by atoms with Gasteiger partial charge in [0.25, 0.3) is 0 Å². The molecule has 1 aliphatic rings. The molecule has 0 saturated heterocycles. The van der Waals surface area contributed by atoms with E-state index in [2.05, 4.69) is 5.32 Å². The van der Waals surface area contributed by atoms with E-state index in [1.807, 2.05) is 36.4 Å². The number of carbonyl (C=O) groups is 1. The lowest BCUT2D eigenvalue weighted by Gasteiger charge is -2.19. The lowest BCUT2D eigenvalue weighted by Crippen LogP contribution is -2.31. The minimum Gasteiger partial charge on any atom is -0.352 e. The van der Waals surface area contributed by atoms with Crippen molar-refractivity contribution in [3.8, 4) is 0 Å². The predicted octanol–water partition coefficient (Wildman–Crippen LogP) is 5.17. The van der Waals surface area contributed by atoms with Gasteiger partial charge in [-0.2, -0.15) is 0 Å². The standard InChI is InChI=1S/C20H19ClNO3PS/c1-26(24,25)19(16-11-27-18-8-7-13(21)9-15(16)18)20(23)22-17-10-14(17)12-5-3-2-4-6-12/h2-9,11,14,17,19H,10H2,1H3,(H,22,23)(H,24,25)/t14-,17+,19?/m0/s1. The van der Waals surface area contributed by atoms with Gasteiger partial charge in [0.1, 0.15) is 5.66 Å². The van der Waals surface area contributed by atoms with E-state index in [4.69, 9.17) is 11.6 Å². The fourth-order valence-corrected chi connectivity index (χ4v) is 6.01. The molecular formula is C20H19ClNO3PS. The fraction of sp³-hybridized carbons (Fsp3) is 0.250. The summed E-state index contributed by atoms with van der Waals surface area (Å²) in [4.78, 5) is 23.3. The monoisotopic (exact) mass is 419 g/mol. The maximum Gasteiger partial charge on any atom is 0.237 e. The zero-order valence-corrected chi connectivity index (χ0v) is 17.1. The molecule has 1 saturated carbocycles. The van der Waals surface area contributed by atoms with Crippen LogP contribution < -0.4 is 5.32 Å². The molecule has 2 unspecified atom stereocenters. The highest BCUT2D eigenvalue weighted by molar-refractivity contribution is 7.58. The normalized spacial score (nSPS) is 22.2. The van der Waals surface area contributed by atoms with Crippen molar-refractivity contribution in [1.82, 2.24) is 5.32 Å². The molecule has 0 radical (unpaired) electrons. The highest BCUT2D eigenvalue weighted by Crippen LogP contribution is 2.55. The fourth-order valence-electron chi connectivity index (χ4n) is 3.53. The third-order valence-corrected chi connectivity index (χ3v) is 7.62. The number of fused-ring (bicyclic) bond motifs is 1. The third kappa shape index (κ3) is 3.83. The van der Waals surface area contributed by atoms with Gasteiger partial charge in [0.15, 0.2) is 0 Å². The van der Waals surface area contributed by atoms with Crippen molar-refractivity contribution in [2.75, 3.05) is 6.66 Å². The molecule has 4 rings (SSSR count). The molecule has 2 N–H and O–H groups in total. The molecule has 27 heavy (non-hydrogen) atoms. The highest BCUT2D eigenvalue weighted by Gasteiger charge is 2.43. The zero-order chi connectivity index (χ0) is 19.2. The van der Waals surface area contributed by atoms with Gasteiger partial charge < -0.3 is 10.2 Å². The Bertz CT molecular complexity index is 1050. The molecule has 4 atom stereocenters. The first-order valence-electron chi connectivity index (χ1n) is 8.66. The molecule has 1 heterocycles. The summed E-state index contributed by atoms with van der Waals surface area (Å²) >= 11 is 7.55. The lowest BCUT2D eigenvalue weighted by molar-refractivity contribution is -0.121. The van der Waals surface area contributed by atoms with Gasteiger partial charge in [-0.1, -0.05) is 41.9 Å². The number of nitrogens with one attached hydrogen (secondary N) is 1. The first-order valence-corrected chi connectivity index (χ1v) is 12.1. The van der Waals surface area contributed by atoms with E-state index < -0.39 is 18.9 Å². The number of amides is 1. The number of hydrogen-bond donors (Lipinski definition) is 2. The Kier molecular flexibility index (Phi) is 4.89. The van der Waals surface area contributed by atoms with Crippen LogP contribution in [0.2, 0.25) is 5.02 Å². The van der Waals surface area contributed by atoms with E-state index in [0.29, 0.717) is 10.6 Å². The molecule has 0 spiro atoms. The van der Waals surface area contributed by atoms with Crippen LogP contribution in [0.3, 0.4) is 0 Å². The Morgan fingerprint density at radius 2 is 2.04 bits per heavy atom. The van der Waals surface area contributed by atoms with Gasteiger partial charge >= 0.3 is 0 Å². The van der Waals surface area contributed by atoms with E-state index in [1.54, 1.807) is 17.5 Å². The van der Waals surface area contributed by atoms with Gasteiger partial charge in [-0.05, 0) is 46.5 Å². The second kappa shape index (κ2) is 7.06. The number of halogens is 1. The second-order valence-electron chi connectivity index (χ2n) is 7.05. The van der Waals surface area contributed by atoms with Crippen molar-refractivity contribution >= 4 is 46.3 Å². The van der Waals surface area contributed by atoms with Crippen LogP contribution in [0.4, 0.5) is 0 Å². The second-order valence-corrected chi connectivity index (χ2v) is 10.8. The largest absolute Gasteiger partial charge is 0.352 e. The molecule has 1 aliphatic carbocycles. The summed E-state index contributed by atoms with van der Waals surface area (Å²) in [5.41, 5.74) is 0.651. The summed E-state index contributed by atoms with van der Waals surface area (Å²) < 4.78 is 13.5. The van der Waals surface area contributed by atoms with Gasteiger partial charge in [0.2, 0.25) is 13.3 Å². The summed E-state index contributed by atoms with van der Waals surface area (Å²) in [5, 5.41) is 6.07. The number of hydrogen-bond acceptors (Lipinski definition) is 3. The number of carbonyl (C=O) groups excluding carboxylic acids is 1. The van der Waals surface area contributed by atoms with Crippen molar-refractivity contribution in [3.05, 3.63) is 70.1 Å². The topological polar surface area (TPSA) is 66.4 Å². The minimum atomic E-state index is -3.71. The van der Waals surface area contributed by atoms with Crippen molar-refractivity contribution in [2.45, 2.75) is 24.0 Å². The van der Waals surface area contributed by atoms with Gasteiger partial charge in [-0.3, -0.25) is 9.36 Å².